The molecule has 0 amide bonds. The van der Waals surface area contributed by atoms with Crippen molar-refractivity contribution in [2.45, 2.75) is 129 Å². The van der Waals surface area contributed by atoms with E-state index in [-0.39, 0.29) is 12.2 Å². The van der Waals surface area contributed by atoms with Crippen molar-refractivity contribution in [1.82, 2.24) is 9.97 Å². The summed E-state index contributed by atoms with van der Waals surface area (Å²) in [5.74, 6) is 0.777. The molecule has 0 N–H and O–H groups in total. The van der Waals surface area contributed by atoms with Gasteiger partial charge in [0, 0.05) is 18.0 Å². The van der Waals surface area contributed by atoms with E-state index in [1.54, 1.807) is 24.3 Å². The van der Waals surface area contributed by atoms with Crippen LogP contribution in [0.5, 0.6) is 5.75 Å². The lowest BCUT2D eigenvalue weighted by atomic mass is 10.1. The van der Waals surface area contributed by atoms with Gasteiger partial charge in [0.2, 0.25) is 0 Å². The van der Waals surface area contributed by atoms with Gasteiger partial charge in [-0.05, 0) is 49.1 Å². The Morgan fingerprint density at radius 1 is 0.657 bits per heavy atom. The van der Waals surface area contributed by atoms with E-state index in [0.29, 0.717) is 12.2 Å². The van der Waals surface area contributed by atoms with Gasteiger partial charge in [-0.15, -0.1) is 0 Å². The van der Waals surface area contributed by atoms with Crippen LogP contribution in [0.3, 0.4) is 0 Å². The summed E-state index contributed by atoms with van der Waals surface area (Å²) in [6.07, 6.45) is 18.7. The van der Waals surface area contributed by atoms with E-state index >= 15 is 0 Å². The molecule has 2 aromatic rings. The van der Waals surface area contributed by atoms with Crippen LogP contribution in [0, 0.1) is 0 Å². The van der Waals surface area contributed by atoms with Gasteiger partial charge in [-0.2, -0.15) is 8.78 Å². The highest BCUT2D eigenvalue weighted by Crippen LogP contribution is 2.28. The first kappa shape index (κ1) is 29.2. The number of aryl methyl sites for hydroxylation is 1. The number of halogens is 2. The quantitative estimate of drug-likeness (QED) is 0.174. The Bertz CT molecular complexity index is 778. The van der Waals surface area contributed by atoms with Crippen LogP contribution >= 0.6 is 0 Å². The summed E-state index contributed by atoms with van der Waals surface area (Å²) in [5, 5.41) is 0. The molecule has 0 spiro atoms. The van der Waals surface area contributed by atoms with Gasteiger partial charge < -0.3 is 4.74 Å². The monoisotopic (exact) mass is 488 g/mol. The Morgan fingerprint density at radius 3 is 1.69 bits per heavy atom. The number of benzene rings is 1. The molecule has 0 unspecified atom stereocenters. The summed E-state index contributed by atoms with van der Waals surface area (Å²) >= 11 is 0. The van der Waals surface area contributed by atoms with Crippen LogP contribution in [-0.2, 0) is 6.42 Å². The Labute approximate surface area is 212 Å². The number of alkyl halides is 2. The van der Waals surface area contributed by atoms with Crippen molar-refractivity contribution in [2.75, 3.05) is 0 Å². The lowest BCUT2D eigenvalue weighted by molar-refractivity contribution is -0.181. The predicted molar refractivity (Wildman–Crippen MR) is 142 cm³/mol. The molecular weight excluding hydrogens is 442 g/mol. The van der Waals surface area contributed by atoms with Crippen LogP contribution in [0.2, 0.25) is 0 Å². The molecule has 0 aliphatic heterocycles. The third-order valence-corrected chi connectivity index (χ3v) is 6.48. The van der Waals surface area contributed by atoms with Crippen LogP contribution in [0.25, 0.3) is 11.4 Å². The Balaban J connectivity index is 1.68. The number of nitrogens with zero attached hydrogens (tertiary/aromatic N) is 2. The molecular formula is C30H46F2N2O. The highest BCUT2D eigenvalue weighted by Gasteiger charge is 2.30. The third-order valence-electron chi connectivity index (χ3n) is 6.48. The van der Waals surface area contributed by atoms with E-state index in [9.17, 15) is 8.78 Å². The number of ether oxygens (including phenoxy) is 1. The van der Waals surface area contributed by atoms with Crippen LogP contribution < -0.4 is 4.74 Å². The SMILES string of the molecule is CCCCCCCCCCCC(F)(F)Oc1ccc(-c2ncc(CCCCCCCC)cn2)cc1. The van der Waals surface area contributed by atoms with Crippen molar-refractivity contribution in [1.29, 1.82) is 0 Å². The predicted octanol–water partition coefficient (Wildman–Crippen LogP) is 9.94. The fourth-order valence-electron chi connectivity index (χ4n) is 4.28. The summed E-state index contributed by atoms with van der Waals surface area (Å²) in [6, 6.07) is 6.64. The van der Waals surface area contributed by atoms with E-state index < -0.39 is 6.11 Å². The summed E-state index contributed by atoms with van der Waals surface area (Å²) in [6.45, 7) is 4.44. The third kappa shape index (κ3) is 13.0. The normalized spacial score (nSPS) is 11.7. The molecule has 0 aliphatic carbocycles. The maximum atomic E-state index is 14.2. The van der Waals surface area contributed by atoms with Gasteiger partial charge in [-0.25, -0.2) is 9.97 Å². The van der Waals surface area contributed by atoms with Gasteiger partial charge in [0.15, 0.2) is 5.82 Å². The number of aromatic nitrogens is 2. The molecule has 2 rings (SSSR count). The zero-order chi connectivity index (χ0) is 25.2. The van der Waals surface area contributed by atoms with E-state index in [2.05, 4.69) is 23.8 Å². The molecule has 0 bridgehead atoms. The summed E-state index contributed by atoms with van der Waals surface area (Å²) in [5.41, 5.74) is 1.94. The van der Waals surface area contributed by atoms with Gasteiger partial charge in [0.25, 0.3) is 0 Å². The second-order valence-electron chi connectivity index (χ2n) is 9.77. The van der Waals surface area contributed by atoms with Gasteiger partial charge >= 0.3 is 6.11 Å². The van der Waals surface area contributed by atoms with Crippen molar-refractivity contribution in [3.8, 4) is 17.1 Å². The first-order chi connectivity index (χ1) is 17.0. The zero-order valence-corrected chi connectivity index (χ0v) is 22.0. The van der Waals surface area contributed by atoms with Gasteiger partial charge in [-0.1, -0.05) is 97.3 Å². The lowest BCUT2D eigenvalue weighted by Crippen LogP contribution is -2.24. The average molecular weight is 489 g/mol. The Kier molecular flexibility index (Phi) is 14.5. The van der Waals surface area contributed by atoms with Gasteiger partial charge in [-0.3, -0.25) is 0 Å². The largest absolute Gasteiger partial charge is 0.433 e. The van der Waals surface area contributed by atoms with Gasteiger partial charge in [0.05, 0.1) is 6.42 Å². The molecule has 196 valence electrons. The number of hydrogen-bond acceptors (Lipinski definition) is 3. The lowest BCUT2D eigenvalue weighted by Gasteiger charge is -2.18. The minimum Gasteiger partial charge on any atom is -0.433 e. The van der Waals surface area contributed by atoms with Crippen LogP contribution in [0.1, 0.15) is 122 Å². The Morgan fingerprint density at radius 2 is 1.14 bits per heavy atom. The molecule has 1 heterocycles. The molecule has 1 aromatic heterocycles. The molecule has 1 aromatic carbocycles. The fraction of sp³-hybridized carbons (Fsp3) is 0.667. The fourth-order valence-corrected chi connectivity index (χ4v) is 4.28. The smallest absolute Gasteiger partial charge is 0.397 e. The van der Waals surface area contributed by atoms with Gasteiger partial charge in [0.1, 0.15) is 5.75 Å². The Hall–Kier alpha value is -2.04. The van der Waals surface area contributed by atoms with Crippen molar-refractivity contribution >= 4 is 0 Å². The number of unbranched alkanes of at least 4 members (excludes halogenated alkanes) is 13. The number of rotatable bonds is 20. The van der Waals surface area contributed by atoms with E-state index in [0.717, 1.165) is 43.2 Å². The molecule has 0 aliphatic rings. The van der Waals surface area contributed by atoms with Crippen LogP contribution in [-0.4, -0.2) is 16.1 Å². The highest BCUT2D eigenvalue weighted by atomic mass is 19.3. The molecule has 0 atom stereocenters. The minimum atomic E-state index is -3.14. The second-order valence-corrected chi connectivity index (χ2v) is 9.77. The minimum absolute atomic E-state index is 0.175. The van der Waals surface area contributed by atoms with Crippen molar-refractivity contribution in [3.05, 3.63) is 42.2 Å². The maximum Gasteiger partial charge on any atom is 0.397 e. The highest BCUT2D eigenvalue weighted by molar-refractivity contribution is 5.55. The molecule has 0 fully saturated rings. The molecule has 5 heteroatoms. The van der Waals surface area contributed by atoms with Crippen LogP contribution in [0.4, 0.5) is 8.78 Å². The zero-order valence-electron chi connectivity index (χ0n) is 22.0. The van der Waals surface area contributed by atoms with Crippen molar-refractivity contribution in [3.63, 3.8) is 0 Å². The molecule has 0 saturated heterocycles. The van der Waals surface area contributed by atoms with Crippen molar-refractivity contribution in [2.24, 2.45) is 0 Å². The van der Waals surface area contributed by atoms with Crippen molar-refractivity contribution < 1.29 is 13.5 Å². The summed E-state index contributed by atoms with van der Waals surface area (Å²) in [4.78, 5) is 8.93. The maximum absolute atomic E-state index is 14.2. The van der Waals surface area contributed by atoms with E-state index in [1.807, 2.05) is 12.4 Å². The summed E-state index contributed by atoms with van der Waals surface area (Å²) < 4.78 is 33.5. The van der Waals surface area contributed by atoms with Crippen LogP contribution in [0.15, 0.2) is 36.7 Å². The average Bonchev–Trinajstić information content (AvgIpc) is 2.86. The van der Waals surface area contributed by atoms with E-state index in [4.69, 9.17) is 4.74 Å². The molecule has 0 radical (unpaired) electrons. The molecule has 3 nitrogen and oxygen atoms in total. The molecule has 35 heavy (non-hydrogen) atoms. The second kappa shape index (κ2) is 17.4. The standard InChI is InChI=1S/C30H46F2N2O/c1-3-5-7-9-11-12-13-15-17-23-30(31,32)35-28-21-19-27(20-22-28)29-33-24-26(25-34-29)18-16-14-10-8-6-4-2/h19-22,24-25H,3-18,23H2,1-2H3. The summed E-state index contributed by atoms with van der Waals surface area (Å²) in [7, 11) is 0. The number of hydrogen-bond donors (Lipinski definition) is 0. The van der Waals surface area contributed by atoms with E-state index in [1.165, 1.54) is 64.2 Å². The first-order valence-corrected chi connectivity index (χ1v) is 14.0. The first-order valence-electron chi connectivity index (χ1n) is 14.0. The molecule has 0 saturated carbocycles. The topological polar surface area (TPSA) is 35.0 Å².